The fourth-order valence-electron chi connectivity index (χ4n) is 2.54. The first kappa shape index (κ1) is 18.5. The van der Waals surface area contributed by atoms with Crippen LogP contribution in [0, 0.1) is 6.92 Å². The molecule has 4 heterocycles. The van der Waals surface area contributed by atoms with Crippen LogP contribution < -0.4 is 0 Å². The predicted molar refractivity (Wildman–Crippen MR) is 105 cm³/mol. The van der Waals surface area contributed by atoms with Gasteiger partial charge < -0.3 is 13.6 Å². The molecular weight excluding hydrogens is 398 g/mol. The third kappa shape index (κ3) is 3.71. The number of carbonyl (C=O) groups is 1. The van der Waals surface area contributed by atoms with Gasteiger partial charge in [-0.3, -0.25) is 0 Å². The summed E-state index contributed by atoms with van der Waals surface area (Å²) in [6.07, 6.45) is 5.00. The van der Waals surface area contributed by atoms with Gasteiger partial charge in [0.15, 0.2) is 22.4 Å². The number of aryl methyl sites for hydroxylation is 1. The van der Waals surface area contributed by atoms with Gasteiger partial charge in [-0.05, 0) is 37.4 Å². The van der Waals surface area contributed by atoms with E-state index in [2.05, 4.69) is 15.0 Å². The zero-order valence-corrected chi connectivity index (χ0v) is 16.7. The van der Waals surface area contributed by atoms with Gasteiger partial charge in [-0.25, -0.2) is 19.7 Å². The molecule has 9 heteroatoms. The molecule has 4 rings (SSSR count). The van der Waals surface area contributed by atoms with Gasteiger partial charge in [0.05, 0.1) is 23.9 Å². The number of ether oxygens (including phenoxy) is 1. The Morgan fingerprint density at radius 3 is 2.57 bits per heavy atom. The molecule has 0 aliphatic heterocycles. The number of thioether (sulfide) groups is 1. The molecule has 0 aliphatic carbocycles. The summed E-state index contributed by atoms with van der Waals surface area (Å²) < 4.78 is 16.1. The van der Waals surface area contributed by atoms with Crippen LogP contribution >= 0.6 is 23.1 Å². The first-order valence-electron chi connectivity index (χ1n) is 8.27. The average molecular weight is 413 g/mol. The Bertz CT molecular complexity index is 1090. The van der Waals surface area contributed by atoms with E-state index < -0.39 is 5.97 Å². The van der Waals surface area contributed by atoms with Crippen LogP contribution in [0.4, 0.5) is 0 Å². The highest BCUT2D eigenvalue weighted by Gasteiger charge is 2.21. The van der Waals surface area contributed by atoms with Crippen molar-refractivity contribution in [2.75, 3.05) is 6.26 Å². The summed E-state index contributed by atoms with van der Waals surface area (Å²) in [6, 6.07) is 7.17. The number of carbonyl (C=O) groups excluding carboxylic acids is 1. The van der Waals surface area contributed by atoms with E-state index >= 15 is 0 Å². The second kappa shape index (κ2) is 7.99. The van der Waals surface area contributed by atoms with Gasteiger partial charge in [0.25, 0.3) is 0 Å². The van der Waals surface area contributed by atoms with E-state index in [9.17, 15) is 4.79 Å². The molecule has 0 amide bonds. The summed E-state index contributed by atoms with van der Waals surface area (Å²) in [7, 11) is 0. The molecule has 0 fully saturated rings. The molecule has 28 heavy (non-hydrogen) atoms. The number of hydrogen-bond acceptors (Lipinski definition) is 9. The molecule has 0 spiro atoms. The lowest BCUT2D eigenvalue weighted by Gasteiger charge is -2.10. The largest absolute Gasteiger partial charge is 0.462 e. The van der Waals surface area contributed by atoms with E-state index in [1.807, 2.05) is 17.7 Å². The van der Waals surface area contributed by atoms with E-state index in [1.165, 1.54) is 23.1 Å². The maximum absolute atomic E-state index is 12.7. The van der Waals surface area contributed by atoms with Crippen molar-refractivity contribution >= 4 is 29.1 Å². The zero-order chi connectivity index (χ0) is 19.5. The maximum atomic E-state index is 12.7. The summed E-state index contributed by atoms with van der Waals surface area (Å²) in [6.45, 7) is 1.81. The van der Waals surface area contributed by atoms with Gasteiger partial charge in [0, 0.05) is 5.38 Å². The van der Waals surface area contributed by atoms with Crippen molar-refractivity contribution in [3.05, 3.63) is 59.1 Å². The average Bonchev–Trinajstić information content (AvgIpc) is 3.47. The quantitative estimate of drug-likeness (QED) is 0.252. The molecule has 4 aromatic heterocycles. The summed E-state index contributed by atoms with van der Waals surface area (Å²) in [5.41, 5.74) is 1.54. The summed E-state index contributed by atoms with van der Waals surface area (Å²) in [5, 5.41) is 3.12. The van der Waals surface area contributed by atoms with E-state index in [1.54, 1.807) is 37.6 Å². The number of thiazole rings is 1. The van der Waals surface area contributed by atoms with Gasteiger partial charge in [0.2, 0.25) is 0 Å². The van der Waals surface area contributed by atoms with Crippen molar-refractivity contribution in [2.45, 2.75) is 18.6 Å². The maximum Gasteiger partial charge on any atom is 0.343 e. The Kier molecular flexibility index (Phi) is 5.27. The van der Waals surface area contributed by atoms with Crippen molar-refractivity contribution < 1.29 is 18.4 Å². The van der Waals surface area contributed by atoms with Crippen LogP contribution in [0.3, 0.4) is 0 Å². The zero-order valence-electron chi connectivity index (χ0n) is 15.0. The fraction of sp³-hybridized carbons (Fsp3) is 0.158. The van der Waals surface area contributed by atoms with Crippen molar-refractivity contribution in [1.29, 1.82) is 0 Å². The second-order valence-electron chi connectivity index (χ2n) is 5.69. The highest BCUT2D eigenvalue weighted by Crippen LogP contribution is 2.27. The highest BCUT2D eigenvalue weighted by molar-refractivity contribution is 7.98. The topological polar surface area (TPSA) is 91.2 Å². The molecule has 0 radical (unpaired) electrons. The minimum absolute atomic E-state index is 0.0588. The van der Waals surface area contributed by atoms with E-state index in [4.69, 9.17) is 13.6 Å². The van der Waals surface area contributed by atoms with Crippen LogP contribution in [0.1, 0.15) is 21.7 Å². The lowest BCUT2D eigenvalue weighted by atomic mass is 10.2. The van der Waals surface area contributed by atoms with Crippen LogP contribution in [0.5, 0.6) is 0 Å². The van der Waals surface area contributed by atoms with Crippen LogP contribution in [0.15, 0.2) is 56.0 Å². The number of aromatic nitrogens is 3. The minimum Gasteiger partial charge on any atom is -0.462 e. The molecule has 0 N–H and O–H groups in total. The standard InChI is InChI=1S/C19H15N3O4S2/c1-11-15(18(27-2)22-16(20-11)13-5-3-7-24-13)19(23)26-9-12-10-28-17(21-12)14-6-4-8-25-14/h3-8,10H,9H2,1-2H3. The van der Waals surface area contributed by atoms with Crippen molar-refractivity contribution in [3.63, 3.8) is 0 Å². The molecule has 0 atom stereocenters. The molecule has 0 aromatic carbocycles. The summed E-state index contributed by atoms with van der Waals surface area (Å²) in [5.74, 6) is 1.18. The van der Waals surface area contributed by atoms with Crippen LogP contribution in [-0.4, -0.2) is 27.2 Å². The normalized spacial score (nSPS) is 10.9. The molecular formula is C19H15N3O4S2. The Hall–Kier alpha value is -2.91. The molecule has 0 bridgehead atoms. The van der Waals surface area contributed by atoms with Crippen molar-refractivity contribution in [3.8, 4) is 22.4 Å². The summed E-state index contributed by atoms with van der Waals surface area (Å²) in [4.78, 5) is 25.9. The van der Waals surface area contributed by atoms with Crippen LogP contribution in [-0.2, 0) is 11.3 Å². The van der Waals surface area contributed by atoms with Gasteiger partial charge >= 0.3 is 5.97 Å². The number of rotatable bonds is 6. The molecule has 4 aromatic rings. The van der Waals surface area contributed by atoms with Gasteiger partial charge in [-0.15, -0.1) is 23.1 Å². The van der Waals surface area contributed by atoms with Gasteiger partial charge in [0.1, 0.15) is 17.2 Å². The minimum atomic E-state index is -0.486. The van der Waals surface area contributed by atoms with E-state index in [0.717, 1.165) is 5.01 Å². The second-order valence-corrected chi connectivity index (χ2v) is 7.34. The molecule has 0 aliphatic rings. The Morgan fingerprint density at radius 1 is 1.14 bits per heavy atom. The van der Waals surface area contributed by atoms with Gasteiger partial charge in [-0.1, -0.05) is 0 Å². The molecule has 0 unspecified atom stereocenters. The van der Waals surface area contributed by atoms with Crippen molar-refractivity contribution in [1.82, 2.24) is 15.0 Å². The number of furan rings is 2. The predicted octanol–water partition coefficient (Wildman–Crippen LogP) is 4.84. The van der Waals surface area contributed by atoms with Crippen molar-refractivity contribution in [2.24, 2.45) is 0 Å². The van der Waals surface area contributed by atoms with Crippen LogP contribution in [0.2, 0.25) is 0 Å². The molecule has 0 saturated heterocycles. The summed E-state index contributed by atoms with van der Waals surface area (Å²) >= 11 is 2.78. The smallest absolute Gasteiger partial charge is 0.343 e. The molecule has 0 saturated carbocycles. The monoisotopic (exact) mass is 413 g/mol. The number of hydrogen-bond donors (Lipinski definition) is 0. The number of esters is 1. The molecule has 142 valence electrons. The third-order valence-electron chi connectivity index (χ3n) is 3.83. The van der Waals surface area contributed by atoms with E-state index in [-0.39, 0.29) is 6.61 Å². The fourth-order valence-corrected chi connectivity index (χ4v) is 3.93. The van der Waals surface area contributed by atoms with E-state index in [0.29, 0.717) is 39.3 Å². The first-order valence-corrected chi connectivity index (χ1v) is 10.4. The van der Waals surface area contributed by atoms with Crippen LogP contribution in [0.25, 0.3) is 22.4 Å². The third-order valence-corrected chi connectivity index (χ3v) is 5.42. The first-order chi connectivity index (χ1) is 13.7. The number of nitrogens with zero attached hydrogens (tertiary/aromatic N) is 3. The SMILES string of the molecule is CSc1nc(-c2ccco2)nc(C)c1C(=O)OCc1csc(-c2ccco2)n1. The lowest BCUT2D eigenvalue weighted by molar-refractivity contribution is 0.0462. The Labute approximate surface area is 168 Å². The van der Waals surface area contributed by atoms with Gasteiger partial charge in [-0.2, -0.15) is 0 Å². The highest BCUT2D eigenvalue weighted by atomic mass is 32.2. The lowest BCUT2D eigenvalue weighted by Crippen LogP contribution is -2.12. The Morgan fingerprint density at radius 2 is 1.89 bits per heavy atom. The molecule has 7 nitrogen and oxygen atoms in total. The Balaban J connectivity index is 1.52.